The molecule has 0 heterocycles. The molecule has 0 atom stereocenters. The van der Waals surface area contributed by atoms with Crippen LogP contribution in [0, 0.1) is 11.6 Å². The summed E-state index contributed by atoms with van der Waals surface area (Å²) in [6.45, 7) is 2.59. The maximum absolute atomic E-state index is 13.9. The molecule has 0 bridgehead atoms. The fourth-order valence-corrected chi connectivity index (χ4v) is 3.79. The number of sulfonamides is 1. The van der Waals surface area contributed by atoms with Crippen molar-refractivity contribution in [2.45, 2.75) is 24.8 Å². The number of anilines is 1. The summed E-state index contributed by atoms with van der Waals surface area (Å²) in [5, 5.41) is 2.80. The van der Waals surface area contributed by atoms with E-state index >= 15 is 0 Å². The zero-order valence-corrected chi connectivity index (χ0v) is 18.5. The van der Waals surface area contributed by atoms with Crippen LogP contribution >= 0.6 is 11.6 Å². The maximum Gasteiger partial charge on any atom is 0.242 e. The van der Waals surface area contributed by atoms with Crippen LogP contribution in [0.1, 0.15) is 18.9 Å². The number of nitrogens with zero attached hydrogens (tertiary/aromatic N) is 2. The van der Waals surface area contributed by atoms with Crippen LogP contribution in [0.25, 0.3) is 0 Å². The topological polar surface area (TPSA) is 69.7 Å². The van der Waals surface area contributed by atoms with Gasteiger partial charge in [0.2, 0.25) is 15.9 Å². The van der Waals surface area contributed by atoms with Crippen molar-refractivity contribution < 1.29 is 22.0 Å². The summed E-state index contributed by atoms with van der Waals surface area (Å²) in [5.41, 5.74) is 0.122. The Bertz CT molecular complexity index is 996. The van der Waals surface area contributed by atoms with Crippen LogP contribution in [0.4, 0.5) is 14.5 Å². The van der Waals surface area contributed by atoms with E-state index in [4.69, 9.17) is 11.6 Å². The Kier molecular flexibility index (Phi) is 8.31. The molecule has 0 saturated heterocycles. The summed E-state index contributed by atoms with van der Waals surface area (Å²) in [6, 6.07) is 7.72. The molecule has 164 valence electrons. The van der Waals surface area contributed by atoms with Crippen molar-refractivity contribution in [1.29, 1.82) is 0 Å². The number of benzene rings is 2. The lowest BCUT2D eigenvalue weighted by Crippen LogP contribution is -2.28. The van der Waals surface area contributed by atoms with Crippen LogP contribution in [-0.2, 0) is 21.4 Å². The Morgan fingerprint density at radius 1 is 1.13 bits per heavy atom. The van der Waals surface area contributed by atoms with E-state index in [2.05, 4.69) is 5.32 Å². The predicted molar refractivity (Wildman–Crippen MR) is 113 cm³/mol. The van der Waals surface area contributed by atoms with E-state index in [9.17, 15) is 22.0 Å². The second-order valence-electron chi connectivity index (χ2n) is 6.80. The van der Waals surface area contributed by atoms with E-state index in [1.54, 1.807) is 4.90 Å². The van der Waals surface area contributed by atoms with Crippen molar-refractivity contribution in [1.82, 2.24) is 9.21 Å². The molecule has 10 heteroatoms. The first-order valence-electron chi connectivity index (χ1n) is 9.23. The summed E-state index contributed by atoms with van der Waals surface area (Å²) in [4.78, 5) is 14.1. The SMILES string of the molecule is CCN(CCC(=O)Nc1cc(S(=O)(=O)N(C)C)ccc1Cl)Cc1c(F)cccc1F. The Balaban J connectivity index is 2.05. The number of rotatable bonds is 9. The van der Waals surface area contributed by atoms with E-state index in [1.807, 2.05) is 6.92 Å². The third kappa shape index (κ3) is 5.98. The highest BCUT2D eigenvalue weighted by atomic mass is 35.5. The molecule has 0 unspecified atom stereocenters. The molecule has 0 aliphatic heterocycles. The van der Waals surface area contributed by atoms with Crippen molar-refractivity contribution in [2.24, 2.45) is 0 Å². The Labute approximate surface area is 180 Å². The van der Waals surface area contributed by atoms with Crippen molar-refractivity contribution in [3.05, 3.63) is 58.6 Å². The summed E-state index contributed by atoms with van der Waals surface area (Å²) in [6.07, 6.45) is 0.0326. The number of hydrogen-bond acceptors (Lipinski definition) is 4. The first-order chi connectivity index (χ1) is 14.1. The fourth-order valence-electron chi connectivity index (χ4n) is 2.70. The van der Waals surface area contributed by atoms with Crippen LogP contribution in [-0.4, -0.2) is 50.7 Å². The van der Waals surface area contributed by atoms with Crippen LogP contribution in [0.2, 0.25) is 5.02 Å². The molecule has 0 radical (unpaired) electrons. The standard InChI is InChI=1S/C20H24ClF2N3O3S/c1-4-26(13-15-17(22)6-5-7-18(15)23)11-10-20(27)24-19-12-14(8-9-16(19)21)30(28,29)25(2)3/h5-9,12H,4,10-11,13H2,1-3H3,(H,24,27). The highest BCUT2D eigenvalue weighted by molar-refractivity contribution is 7.89. The molecule has 1 N–H and O–H groups in total. The van der Waals surface area contributed by atoms with Gasteiger partial charge >= 0.3 is 0 Å². The maximum atomic E-state index is 13.9. The van der Waals surface area contributed by atoms with E-state index in [0.717, 1.165) is 4.31 Å². The lowest BCUT2D eigenvalue weighted by molar-refractivity contribution is -0.116. The van der Waals surface area contributed by atoms with Gasteiger partial charge in [-0.25, -0.2) is 21.5 Å². The molecule has 2 aromatic carbocycles. The number of hydrogen-bond donors (Lipinski definition) is 1. The lowest BCUT2D eigenvalue weighted by Gasteiger charge is -2.21. The van der Waals surface area contributed by atoms with Gasteiger partial charge in [0.25, 0.3) is 0 Å². The highest BCUT2D eigenvalue weighted by Crippen LogP contribution is 2.26. The third-order valence-electron chi connectivity index (χ3n) is 4.54. The minimum absolute atomic E-state index is 0.00240. The molecule has 1 amide bonds. The number of amides is 1. The van der Waals surface area contributed by atoms with Crippen molar-refractivity contribution >= 4 is 33.2 Å². The van der Waals surface area contributed by atoms with E-state index < -0.39 is 27.6 Å². The minimum Gasteiger partial charge on any atom is -0.325 e. The van der Waals surface area contributed by atoms with Gasteiger partial charge in [-0.05, 0) is 36.9 Å². The smallest absolute Gasteiger partial charge is 0.242 e. The molecule has 2 rings (SSSR count). The molecule has 2 aromatic rings. The number of nitrogens with one attached hydrogen (secondary N) is 1. The second-order valence-corrected chi connectivity index (χ2v) is 9.36. The van der Waals surface area contributed by atoms with Gasteiger partial charge < -0.3 is 5.32 Å². The third-order valence-corrected chi connectivity index (χ3v) is 6.68. The lowest BCUT2D eigenvalue weighted by atomic mass is 10.1. The summed E-state index contributed by atoms with van der Waals surface area (Å²) in [7, 11) is -0.875. The summed E-state index contributed by atoms with van der Waals surface area (Å²) in [5.74, 6) is -1.67. The van der Waals surface area contributed by atoms with Crippen molar-refractivity contribution in [3.8, 4) is 0 Å². The quantitative estimate of drug-likeness (QED) is 0.620. The molecule has 30 heavy (non-hydrogen) atoms. The highest BCUT2D eigenvalue weighted by Gasteiger charge is 2.19. The molecule has 0 aliphatic carbocycles. The van der Waals surface area contributed by atoms with E-state index in [0.29, 0.717) is 6.54 Å². The van der Waals surface area contributed by atoms with Crippen molar-refractivity contribution in [3.63, 3.8) is 0 Å². The van der Waals surface area contributed by atoms with Gasteiger partial charge in [0.1, 0.15) is 11.6 Å². The Morgan fingerprint density at radius 3 is 2.33 bits per heavy atom. The molecule has 0 saturated carbocycles. The van der Waals surface area contributed by atoms with Crippen LogP contribution in [0.15, 0.2) is 41.3 Å². The van der Waals surface area contributed by atoms with Crippen LogP contribution < -0.4 is 5.32 Å². The van der Waals surface area contributed by atoms with Gasteiger partial charge in [-0.3, -0.25) is 9.69 Å². The molecule has 0 fully saturated rings. The first-order valence-corrected chi connectivity index (χ1v) is 11.0. The normalized spacial score (nSPS) is 11.9. The molecule has 0 aliphatic rings. The zero-order valence-electron chi connectivity index (χ0n) is 17.0. The number of halogens is 3. The number of carbonyl (C=O) groups excluding carboxylic acids is 1. The molecular weight excluding hydrogens is 436 g/mol. The van der Waals surface area contributed by atoms with E-state index in [-0.39, 0.29) is 40.7 Å². The monoisotopic (exact) mass is 459 g/mol. The first kappa shape index (κ1) is 24.2. The average molecular weight is 460 g/mol. The predicted octanol–water partition coefficient (Wildman–Crippen LogP) is 3.72. The minimum atomic E-state index is -3.68. The van der Waals surface area contributed by atoms with Gasteiger partial charge in [-0.2, -0.15) is 0 Å². The summed E-state index contributed by atoms with van der Waals surface area (Å²) < 4.78 is 53.3. The average Bonchev–Trinajstić information content (AvgIpc) is 2.68. The largest absolute Gasteiger partial charge is 0.325 e. The molecule has 0 aromatic heterocycles. The van der Waals surface area contributed by atoms with E-state index in [1.165, 1.54) is 50.5 Å². The van der Waals surface area contributed by atoms with Gasteiger partial charge in [-0.15, -0.1) is 0 Å². The molecule has 0 spiro atoms. The van der Waals surface area contributed by atoms with Gasteiger partial charge in [0, 0.05) is 39.2 Å². The zero-order chi connectivity index (χ0) is 22.5. The Morgan fingerprint density at radius 2 is 1.77 bits per heavy atom. The number of carbonyl (C=O) groups is 1. The van der Waals surface area contributed by atoms with Crippen LogP contribution in [0.3, 0.4) is 0 Å². The van der Waals surface area contributed by atoms with Crippen molar-refractivity contribution in [2.75, 3.05) is 32.5 Å². The molecule has 6 nitrogen and oxygen atoms in total. The second kappa shape index (κ2) is 10.3. The Hall–Kier alpha value is -2.07. The molecular formula is C20H24ClF2N3O3S. The van der Waals surface area contributed by atoms with Gasteiger partial charge in [0.05, 0.1) is 15.6 Å². The van der Waals surface area contributed by atoms with Gasteiger partial charge in [-0.1, -0.05) is 24.6 Å². The summed E-state index contributed by atoms with van der Waals surface area (Å²) >= 11 is 6.09. The fraction of sp³-hybridized carbons (Fsp3) is 0.350. The van der Waals surface area contributed by atoms with Gasteiger partial charge in [0.15, 0.2) is 0 Å². The van der Waals surface area contributed by atoms with Crippen LogP contribution in [0.5, 0.6) is 0 Å².